The molecule has 0 unspecified atom stereocenters. The number of nitrogens with two attached hydrogens (primary N) is 1. The average molecular weight is 333 g/mol. The lowest BCUT2D eigenvalue weighted by atomic mass is 9.98. The molecule has 1 aliphatic carbocycles. The first-order valence-corrected chi connectivity index (χ1v) is 8.02. The molecule has 1 amide bonds. The number of benzene rings is 1. The predicted octanol–water partition coefficient (Wildman–Crippen LogP) is 3.12. The molecule has 1 aromatic carbocycles. The van der Waals surface area contributed by atoms with Crippen LogP contribution in [-0.4, -0.2) is 23.7 Å². The molecule has 2 rings (SSSR count). The Morgan fingerprint density at radius 2 is 1.90 bits per heavy atom. The Hall–Kier alpha value is -0.780. The smallest absolute Gasteiger partial charge is 0.221 e. The van der Waals surface area contributed by atoms with Crippen molar-refractivity contribution in [2.45, 2.75) is 42.5 Å². The Labute approximate surface area is 135 Å². The fourth-order valence-electron chi connectivity index (χ4n) is 2.58. The topological polar surface area (TPSA) is 55.1 Å². The second-order valence-electron chi connectivity index (χ2n) is 5.29. The summed E-state index contributed by atoms with van der Waals surface area (Å²) >= 11 is 1.56. The zero-order valence-corrected chi connectivity index (χ0v) is 13.6. The third-order valence-electron chi connectivity index (χ3n) is 3.77. The monoisotopic (exact) mass is 332 g/mol. The first-order valence-electron chi connectivity index (χ1n) is 7.03. The molecule has 0 radical (unpaired) electrons. The van der Waals surface area contributed by atoms with E-state index < -0.39 is 0 Å². The van der Waals surface area contributed by atoms with Crippen molar-refractivity contribution >= 4 is 30.1 Å². The van der Waals surface area contributed by atoms with Crippen LogP contribution in [-0.2, 0) is 4.79 Å². The second kappa shape index (κ2) is 8.61. The van der Waals surface area contributed by atoms with E-state index in [0.29, 0.717) is 18.7 Å². The number of nitrogens with one attached hydrogen (secondary N) is 1. The highest BCUT2D eigenvalue weighted by Gasteiger charge is 2.33. The van der Waals surface area contributed by atoms with E-state index in [1.54, 1.807) is 23.9 Å². The highest BCUT2D eigenvalue weighted by molar-refractivity contribution is 7.99. The van der Waals surface area contributed by atoms with Gasteiger partial charge >= 0.3 is 0 Å². The molecule has 0 saturated heterocycles. The minimum atomic E-state index is -0.238. The number of halogens is 2. The molecule has 3 N–H and O–H groups in total. The molecule has 118 valence electrons. The molecule has 21 heavy (non-hydrogen) atoms. The van der Waals surface area contributed by atoms with Crippen LogP contribution in [0.5, 0.6) is 0 Å². The lowest BCUT2D eigenvalue weighted by molar-refractivity contribution is -0.122. The van der Waals surface area contributed by atoms with E-state index in [1.807, 2.05) is 0 Å². The summed E-state index contributed by atoms with van der Waals surface area (Å²) < 4.78 is 12.8. The maximum Gasteiger partial charge on any atom is 0.221 e. The third-order valence-corrected chi connectivity index (χ3v) is 4.78. The maximum absolute atomic E-state index is 12.8. The molecular formula is C15H22ClFN2OS. The first kappa shape index (κ1) is 18.3. The van der Waals surface area contributed by atoms with Crippen LogP contribution in [0.2, 0.25) is 0 Å². The Kier molecular flexibility index (Phi) is 7.49. The summed E-state index contributed by atoms with van der Waals surface area (Å²) in [4.78, 5) is 12.9. The van der Waals surface area contributed by atoms with Crippen molar-refractivity contribution in [1.29, 1.82) is 0 Å². The van der Waals surface area contributed by atoms with Gasteiger partial charge < -0.3 is 11.1 Å². The van der Waals surface area contributed by atoms with Gasteiger partial charge in [-0.25, -0.2) is 4.39 Å². The summed E-state index contributed by atoms with van der Waals surface area (Å²) in [5.41, 5.74) is 5.63. The van der Waals surface area contributed by atoms with Gasteiger partial charge in [0.25, 0.3) is 0 Å². The largest absolute Gasteiger partial charge is 0.349 e. The van der Waals surface area contributed by atoms with Gasteiger partial charge in [-0.1, -0.05) is 12.8 Å². The molecule has 0 heterocycles. The van der Waals surface area contributed by atoms with Crippen LogP contribution in [0.1, 0.15) is 32.1 Å². The van der Waals surface area contributed by atoms with Gasteiger partial charge in [0.15, 0.2) is 0 Å². The number of carbonyl (C=O) groups excluding carboxylic acids is 1. The van der Waals surface area contributed by atoms with Crippen molar-refractivity contribution in [3.05, 3.63) is 30.1 Å². The van der Waals surface area contributed by atoms with Crippen molar-refractivity contribution in [3.8, 4) is 0 Å². The Morgan fingerprint density at radius 1 is 1.29 bits per heavy atom. The van der Waals surface area contributed by atoms with Gasteiger partial charge in [0.2, 0.25) is 5.91 Å². The number of hydrogen-bond donors (Lipinski definition) is 2. The molecule has 0 aliphatic heterocycles. The summed E-state index contributed by atoms with van der Waals surface area (Å²) in [5, 5.41) is 3.10. The number of hydrogen-bond acceptors (Lipinski definition) is 3. The van der Waals surface area contributed by atoms with Crippen molar-refractivity contribution in [2.24, 2.45) is 5.73 Å². The molecule has 1 fully saturated rings. The Bertz CT molecular complexity index is 449. The SMILES string of the molecule is Cl.NCC1(NC(=O)CCSc2ccc(F)cc2)CCCC1. The minimum absolute atomic E-state index is 0. The van der Waals surface area contributed by atoms with Crippen LogP contribution in [0.15, 0.2) is 29.2 Å². The lowest BCUT2D eigenvalue weighted by Gasteiger charge is -2.28. The minimum Gasteiger partial charge on any atom is -0.349 e. The van der Waals surface area contributed by atoms with E-state index in [4.69, 9.17) is 5.73 Å². The molecular weight excluding hydrogens is 311 g/mol. The van der Waals surface area contributed by atoms with Gasteiger partial charge in [-0.05, 0) is 37.1 Å². The highest BCUT2D eigenvalue weighted by Crippen LogP contribution is 2.28. The van der Waals surface area contributed by atoms with E-state index in [-0.39, 0.29) is 29.7 Å². The van der Waals surface area contributed by atoms with Gasteiger partial charge in [0, 0.05) is 23.6 Å². The lowest BCUT2D eigenvalue weighted by Crippen LogP contribution is -2.51. The summed E-state index contributed by atoms with van der Waals surface area (Å²) in [6.07, 6.45) is 4.72. The predicted molar refractivity (Wildman–Crippen MR) is 87.4 cm³/mol. The van der Waals surface area contributed by atoms with Crippen molar-refractivity contribution < 1.29 is 9.18 Å². The highest BCUT2D eigenvalue weighted by atomic mass is 35.5. The number of carbonyl (C=O) groups is 1. The van der Waals surface area contributed by atoms with Gasteiger partial charge in [0.05, 0.1) is 5.54 Å². The van der Waals surface area contributed by atoms with Crippen LogP contribution in [0.25, 0.3) is 0 Å². The molecule has 0 bridgehead atoms. The molecule has 0 aromatic heterocycles. The van der Waals surface area contributed by atoms with E-state index in [9.17, 15) is 9.18 Å². The summed E-state index contributed by atoms with van der Waals surface area (Å²) in [7, 11) is 0. The Balaban J connectivity index is 0.00000220. The summed E-state index contributed by atoms with van der Waals surface area (Å²) in [6.45, 7) is 0.518. The number of thioether (sulfide) groups is 1. The normalized spacial score (nSPS) is 16.3. The first-order chi connectivity index (χ1) is 9.63. The molecule has 0 spiro atoms. The molecule has 6 heteroatoms. The van der Waals surface area contributed by atoms with Crippen molar-refractivity contribution in [2.75, 3.05) is 12.3 Å². The van der Waals surface area contributed by atoms with Gasteiger partial charge in [0.1, 0.15) is 5.82 Å². The zero-order chi connectivity index (χ0) is 14.4. The van der Waals surface area contributed by atoms with Gasteiger partial charge in [-0.3, -0.25) is 4.79 Å². The number of rotatable bonds is 6. The summed E-state index contributed by atoms with van der Waals surface area (Å²) in [5.74, 6) is 0.517. The summed E-state index contributed by atoms with van der Waals surface area (Å²) in [6, 6.07) is 6.33. The fraction of sp³-hybridized carbons (Fsp3) is 0.533. The van der Waals surface area contributed by atoms with Crippen molar-refractivity contribution in [3.63, 3.8) is 0 Å². The van der Waals surface area contributed by atoms with E-state index in [0.717, 1.165) is 30.6 Å². The molecule has 3 nitrogen and oxygen atoms in total. The van der Waals surface area contributed by atoms with E-state index >= 15 is 0 Å². The quantitative estimate of drug-likeness (QED) is 0.787. The van der Waals surface area contributed by atoms with Gasteiger partial charge in [-0.15, -0.1) is 24.2 Å². The fourth-order valence-corrected chi connectivity index (χ4v) is 3.43. The second-order valence-corrected chi connectivity index (χ2v) is 6.46. The van der Waals surface area contributed by atoms with Gasteiger partial charge in [-0.2, -0.15) is 0 Å². The molecule has 1 aromatic rings. The van der Waals surface area contributed by atoms with Crippen LogP contribution in [0.4, 0.5) is 4.39 Å². The molecule has 1 aliphatic rings. The zero-order valence-electron chi connectivity index (χ0n) is 11.9. The van der Waals surface area contributed by atoms with E-state index in [1.165, 1.54) is 12.1 Å². The Morgan fingerprint density at radius 3 is 2.48 bits per heavy atom. The number of amides is 1. The third kappa shape index (κ3) is 5.49. The van der Waals surface area contributed by atoms with Crippen molar-refractivity contribution in [1.82, 2.24) is 5.32 Å². The van der Waals surface area contributed by atoms with E-state index in [2.05, 4.69) is 5.32 Å². The van der Waals surface area contributed by atoms with Crippen LogP contribution in [0.3, 0.4) is 0 Å². The van der Waals surface area contributed by atoms with Crippen LogP contribution in [0, 0.1) is 5.82 Å². The van der Waals surface area contributed by atoms with Crippen LogP contribution >= 0.6 is 24.2 Å². The average Bonchev–Trinajstić information content (AvgIpc) is 2.90. The van der Waals surface area contributed by atoms with Crippen LogP contribution < -0.4 is 11.1 Å². The standard InChI is InChI=1S/C15H21FN2OS.ClH/c16-12-3-5-13(6-4-12)20-10-7-14(19)18-15(11-17)8-1-2-9-15;/h3-6H,1-2,7-11,17H2,(H,18,19);1H. The molecule has 1 saturated carbocycles. The maximum atomic E-state index is 12.8. The molecule has 0 atom stereocenters.